The van der Waals surface area contributed by atoms with E-state index in [0.717, 1.165) is 28.0 Å². The molecule has 0 radical (unpaired) electrons. The summed E-state index contributed by atoms with van der Waals surface area (Å²) in [7, 11) is 3.13. The van der Waals surface area contributed by atoms with Crippen molar-refractivity contribution in [2.24, 2.45) is 5.10 Å². The van der Waals surface area contributed by atoms with Crippen LogP contribution >= 0.6 is 27.5 Å². The predicted molar refractivity (Wildman–Crippen MR) is 183 cm³/mol. The number of ether oxygens (including phenoxy) is 3. The normalized spacial score (nSPS) is 11.4. The fourth-order valence-corrected chi connectivity index (χ4v) is 5.63. The number of para-hydroxylation sites is 1. The van der Waals surface area contributed by atoms with Crippen LogP contribution in [0.3, 0.4) is 0 Å². The van der Waals surface area contributed by atoms with Gasteiger partial charge in [0, 0.05) is 15.6 Å². The largest absolute Gasteiger partial charge is 0.496 e. The van der Waals surface area contributed by atoms with Crippen LogP contribution in [0, 0.1) is 6.92 Å². The number of hydrogen-bond donors (Lipinski definition) is 1. The number of carboxylic acids is 1. The second-order valence-corrected chi connectivity index (χ2v) is 12.0. The van der Waals surface area contributed by atoms with Gasteiger partial charge in [0.1, 0.15) is 17.4 Å². The average Bonchev–Trinajstić information content (AvgIpc) is 3.05. The molecule has 1 N–H and O–H groups in total. The Morgan fingerprint density at radius 3 is 2.41 bits per heavy atom. The molecule has 46 heavy (non-hydrogen) atoms. The molecular formula is C35H31BrClN3O6. The van der Waals surface area contributed by atoms with Crippen molar-refractivity contribution in [3.05, 3.63) is 114 Å². The van der Waals surface area contributed by atoms with E-state index in [2.05, 4.69) is 34.9 Å². The third-order valence-electron chi connectivity index (χ3n) is 7.47. The number of aromatic carboxylic acids is 1. The number of aromatic nitrogens is 2. The molecule has 0 spiro atoms. The maximum Gasteiger partial charge on any atom is 0.335 e. The summed E-state index contributed by atoms with van der Waals surface area (Å²) in [5.41, 5.74) is 4.28. The van der Waals surface area contributed by atoms with Gasteiger partial charge in [-0.15, -0.1) is 0 Å². The molecule has 0 atom stereocenters. The van der Waals surface area contributed by atoms with E-state index >= 15 is 0 Å². The minimum atomic E-state index is -1.01. The van der Waals surface area contributed by atoms with E-state index < -0.39 is 5.97 Å². The summed E-state index contributed by atoms with van der Waals surface area (Å²) in [6.45, 7) is 6.22. The number of fused-ring (bicyclic) bond motifs is 1. The fourth-order valence-electron chi connectivity index (χ4n) is 4.98. The van der Waals surface area contributed by atoms with Gasteiger partial charge in [0.15, 0.2) is 17.3 Å². The number of nitrogens with zero attached hydrogens (tertiary/aromatic N) is 3. The topological polar surface area (TPSA) is 112 Å². The number of aryl methyl sites for hydroxylation is 1. The molecule has 0 aliphatic carbocycles. The van der Waals surface area contributed by atoms with Crippen molar-refractivity contribution in [3.8, 4) is 28.6 Å². The quantitative estimate of drug-likeness (QED) is 0.146. The summed E-state index contributed by atoms with van der Waals surface area (Å²) < 4.78 is 19.0. The van der Waals surface area contributed by atoms with Crippen LogP contribution < -0.4 is 19.8 Å². The lowest BCUT2D eigenvalue weighted by molar-refractivity contribution is 0.0697. The number of carbonyl (C=O) groups is 1. The van der Waals surface area contributed by atoms with Crippen molar-refractivity contribution in [1.82, 2.24) is 9.66 Å². The number of hydrogen-bond acceptors (Lipinski definition) is 7. The van der Waals surface area contributed by atoms with Crippen molar-refractivity contribution in [3.63, 3.8) is 0 Å². The Hall–Kier alpha value is -4.67. The van der Waals surface area contributed by atoms with Gasteiger partial charge in [-0.1, -0.05) is 49.7 Å². The molecule has 0 saturated carbocycles. The molecule has 9 nitrogen and oxygen atoms in total. The van der Waals surface area contributed by atoms with Gasteiger partial charge >= 0.3 is 5.97 Å². The molecule has 0 fully saturated rings. The van der Waals surface area contributed by atoms with Crippen LogP contribution in [-0.4, -0.2) is 41.2 Å². The van der Waals surface area contributed by atoms with E-state index in [9.17, 15) is 9.59 Å². The summed E-state index contributed by atoms with van der Waals surface area (Å²) in [5, 5.41) is 14.4. The summed E-state index contributed by atoms with van der Waals surface area (Å²) in [4.78, 5) is 29.9. The van der Waals surface area contributed by atoms with Gasteiger partial charge in [-0.25, -0.2) is 9.78 Å². The first-order valence-corrected chi connectivity index (χ1v) is 15.5. The minimum absolute atomic E-state index is 0.122. The Morgan fingerprint density at radius 2 is 1.76 bits per heavy atom. The van der Waals surface area contributed by atoms with Gasteiger partial charge in [0.25, 0.3) is 5.56 Å². The average molecular weight is 705 g/mol. The van der Waals surface area contributed by atoms with E-state index in [-0.39, 0.29) is 34.4 Å². The highest BCUT2D eigenvalue weighted by atomic mass is 79.9. The molecule has 0 aliphatic rings. The minimum Gasteiger partial charge on any atom is -0.496 e. The lowest BCUT2D eigenvalue weighted by Gasteiger charge is -2.17. The van der Waals surface area contributed by atoms with E-state index in [1.807, 2.05) is 25.1 Å². The van der Waals surface area contributed by atoms with Crippen LogP contribution in [-0.2, 0) is 6.61 Å². The lowest BCUT2D eigenvalue weighted by Crippen LogP contribution is -2.21. The van der Waals surface area contributed by atoms with Crippen LogP contribution in [0.15, 0.2) is 81.1 Å². The third-order valence-corrected chi connectivity index (χ3v) is 8.91. The molecule has 0 aliphatic heterocycles. The van der Waals surface area contributed by atoms with Crippen molar-refractivity contribution >= 4 is 50.6 Å². The van der Waals surface area contributed by atoms with E-state index in [1.165, 1.54) is 30.1 Å². The standard InChI is InChI=1S/C35H31BrClN3O6/c1-19(2)25-16-26(20(3)14-28(25)44-4)33-39-27-9-7-6-8-24(27)34(41)40(33)38-17-23-15-29(45-5)32(31(37)30(23)36)46-18-21-10-12-22(13-11-21)35(42)43/h6-17,19H,18H2,1-5H3,(H,42,43). The smallest absolute Gasteiger partial charge is 0.335 e. The lowest BCUT2D eigenvalue weighted by atomic mass is 9.96. The first-order valence-electron chi connectivity index (χ1n) is 14.3. The van der Waals surface area contributed by atoms with E-state index in [4.69, 9.17) is 35.9 Å². The van der Waals surface area contributed by atoms with Crippen LogP contribution in [0.4, 0.5) is 0 Å². The Kier molecular flexibility index (Phi) is 9.79. The zero-order valence-electron chi connectivity index (χ0n) is 25.8. The molecule has 4 aromatic carbocycles. The Bertz CT molecular complexity index is 2040. The predicted octanol–water partition coefficient (Wildman–Crippen LogP) is 8.09. The summed E-state index contributed by atoms with van der Waals surface area (Å²) in [6.07, 6.45) is 1.51. The molecule has 1 aromatic heterocycles. The van der Waals surface area contributed by atoms with Crippen LogP contribution in [0.25, 0.3) is 22.3 Å². The molecule has 1 heterocycles. The first kappa shape index (κ1) is 32.7. The van der Waals surface area contributed by atoms with Gasteiger partial charge in [-0.2, -0.15) is 9.78 Å². The Morgan fingerprint density at radius 1 is 1.07 bits per heavy atom. The number of methoxy groups -OCH3 is 2. The molecule has 11 heteroatoms. The van der Waals surface area contributed by atoms with Gasteiger partial charge in [-0.05, 0) is 87.9 Å². The monoisotopic (exact) mass is 703 g/mol. The van der Waals surface area contributed by atoms with Gasteiger partial charge < -0.3 is 19.3 Å². The van der Waals surface area contributed by atoms with E-state index in [0.29, 0.717) is 32.5 Å². The van der Waals surface area contributed by atoms with Gasteiger partial charge in [0.2, 0.25) is 0 Å². The molecule has 0 saturated heterocycles. The number of rotatable bonds is 10. The molecule has 5 aromatic rings. The molecular weight excluding hydrogens is 674 g/mol. The first-order chi connectivity index (χ1) is 22.0. The highest BCUT2D eigenvalue weighted by Gasteiger charge is 2.20. The SMILES string of the molecule is COc1cc(C)c(-c2nc3ccccc3c(=O)n2N=Cc2cc(OC)c(OCc3ccc(C(=O)O)cc3)c(Cl)c2Br)cc1C(C)C. The highest BCUT2D eigenvalue weighted by Crippen LogP contribution is 2.42. The number of halogens is 2. The molecule has 0 bridgehead atoms. The third kappa shape index (κ3) is 6.49. The fraction of sp³-hybridized carbons (Fsp3) is 0.200. The van der Waals surface area contributed by atoms with Crippen molar-refractivity contribution in [2.45, 2.75) is 33.3 Å². The van der Waals surface area contributed by atoms with E-state index in [1.54, 1.807) is 43.5 Å². The second kappa shape index (κ2) is 13.8. The number of benzene rings is 4. The van der Waals surface area contributed by atoms with Crippen molar-refractivity contribution in [2.75, 3.05) is 14.2 Å². The van der Waals surface area contributed by atoms with Crippen LogP contribution in [0.1, 0.15) is 52.4 Å². The summed E-state index contributed by atoms with van der Waals surface area (Å²) in [5.74, 6) is 0.926. The molecule has 0 unspecified atom stereocenters. The van der Waals surface area contributed by atoms with Crippen LogP contribution in [0.2, 0.25) is 5.02 Å². The van der Waals surface area contributed by atoms with Gasteiger partial charge in [-0.3, -0.25) is 4.79 Å². The Balaban J connectivity index is 1.58. The summed E-state index contributed by atoms with van der Waals surface area (Å²) >= 11 is 10.3. The van der Waals surface area contributed by atoms with Crippen LogP contribution in [0.5, 0.6) is 17.2 Å². The number of carboxylic acid groups (broad SMARTS) is 1. The maximum absolute atomic E-state index is 13.9. The van der Waals surface area contributed by atoms with Crippen molar-refractivity contribution in [1.29, 1.82) is 0 Å². The molecule has 0 amide bonds. The van der Waals surface area contributed by atoms with Gasteiger partial charge in [0.05, 0.1) is 36.9 Å². The highest BCUT2D eigenvalue weighted by molar-refractivity contribution is 9.10. The Labute approximate surface area is 279 Å². The zero-order valence-corrected chi connectivity index (χ0v) is 28.1. The molecule has 5 rings (SSSR count). The van der Waals surface area contributed by atoms with Crippen molar-refractivity contribution < 1.29 is 24.1 Å². The second-order valence-electron chi connectivity index (χ2n) is 10.8. The maximum atomic E-state index is 13.9. The zero-order chi connectivity index (χ0) is 33.1. The molecule has 236 valence electrons. The summed E-state index contributed by atoms with van der Waals surface area (Å²) in [6, 6.07) is 19.1.